The van der Waals surface area contributed by atoms with E-state index >= 15 is 0 Å². The number of benzene rings is 1. The third kappa shape index (κ3) is 3.48. The van der Waals surface area contributed by atoms with E-state index in [9.17, 15) is 4.79 Å². The highest BCUT2D eigenvalue weighted by atomic mass is 16.2. The van der Waals surface area contributed by atoms with Crippen LogP contribution in [-0.4, -0.2) is 53.1 Å². The number of nitrogens with zero attached hydrogens (tertiary/aromatic N) is 4. The summed E-state index contributed by atoms with van der Waals surface area (Å²) in [6.45, 7) is 2.36. The molecular formula is C19H20BN5O. The topological polar surface area (TPSA) is 63.1 Å². The SMILES string of the molecule is [B]c1nc(NC(=O)CN2CCCC2)cc2cc(-c3cnn(C)c3)ccc12. The molecule has 0 atom stereocenters. The van der Waals surface area contributed by atoms with Crippen molar-refractivity contribution in [3.8, 4) is 11.1 Å². The molecule has 1 N–H and O–H groups in total. The molecule has 2 aromatic heterocycles. The van der Waals surface area contributed by atoms with Crippen LogP contribution in [0, 0.1) is 0 Å². The van der Waals surface area contributed by atoms with E-state index in [-0.39, 0.29) is 5.91 Å². The van der Waals surface area contributed by atoms with Crippen LogP contribution in [0.15, 0.2) is 36.7 Å². The van der Waals surface area contributed by atoms with Crippen LogP contribution >= 0.6 is 0 Å². The standard InChI is InChI=1S/C19H20BN5O/c1-24-11-15(10-21-24)13-4-5-16-14(8-13)9-17(23-19(16)20)22-18(26)12-25-6-2-3-7-25/h4-5,8-11H,2-3,6-7,12H2,1H3,(H,22,23,26). The van der Waals surface area contributed by atoms with Crippen molar-refractivity contribution in [1.29, 1.82) is 0 Å². The van der Waals surface area contributed by atoms with Gasteiger partial charge in [-0.3, -0.25) is 14.4 Å². The summed E-state index contributed by atoms with van der Waals surface area (Å²) < 4.78 is 1.77. The van der Waals surface area contributed by atoms with Crippen molar-refractivity contribution >= 4 is 35.9 Å². The summed E-state index contributed by atoms with van der Waals surface area (Å²) in [6, 6.07) is 7.87. The van der Waals surface area contributed by atoms with Gasteiger partial charge in [0.15, 0.2) is 0 Å². The molecule has 0 saturated carbocycles. The molecule has 0 unspecified atom stereocenters. The average Bonchev–Trinajstić information content (AvgIpc) is 3.26. The summed E-state index contributed by atoms with van der Waals surface area (Å²) in [5.41, 5.74) is 2.49. The number of likely N-dealkylation sites (tertiary alicyclic amines) is 1. The zero-order valence-electron chi connectivity index (χ0n) is 14.8. The first-order valence-electron chi connectivity index (χ1n) is 8.80. The number of amides is 1. The number of pyridine rings is 1. The third-order valence-corrected chi connectivity index (χ3v) is 4.73. The molecule has 26 heavy (non-hydrogen) atoms. The van der Waals surface area contributed by atoms with Gasteiger partial charge in [0.05, 0.1) is 12.7 Å². The molecular weight excluding hydrogens is 325 g/mol. The maximum absolute atomic E-state index is 12.3. The van der Waals surface area contributed by atoms with E-state index in [1.165, 1.54) is 0 Å². The van der Waals surface area contributed by atoms with E-state index in [1.807, 2.05) is 43.7 Å². The molecule has 0 aliphatic carbocycles. The molecule has 1 aliphatic heterocycles. The lowest BCUT2D eigenvalue weighted by Crippen LogP contribution is -2.31. The number of hydrogen-bond donors (Lipinski definition) is 1. The van der Waals surface area contributed by atoms with Crippen LogP contribution in [0.1, 0.15) is 12.8 Å². The number of aromatic nitrogens is 3. The molecule has 7 heteroatoms. The summed E-state index contributed by atoms with van der Waals surface area (Å²) in [5, 5.41) is 8.90. The predicted octanol–water partition coefficient (Wildman–Crippen LogP) is 1.46. The van der Waals surface area contributed by atoms with Crippen LogP contribution in [0.2, 0.25) is 0 Å². The number of aryl methyl sites for hydroxylation is 1. The highest BCUT2D eigenvalue weighted by Crippen LogP contribution is 2.24. The Morgan fingerprint density at radius 3 is 2.77 bits per heavy atom. The Labute approximate surface area is 153 Å². The predicted molar refractivity (Wildman–Crippen MR) is 104 cm³/mol. The minimum atomic E-state index is -0.0541. The van der Waals surface area contributed by atoms with E-state index in [0.29, 0.717) is 18.0 Å². The molecule has 0 bridgehead atoms. The van der Waals surface area contributed by atoms with Crippen molar-refractivity contribution in [2.45, 2.75) is 12.8 Å². The average molecular weight is 345 g/mol. The molecule has 1 amide bonds. The lowest BCUT2D eigenvalue weighted by molar-refractivity contribution is -0.117. The van der Waals surface area contributed by atoms with Gasteiger partial charge in [-0.15, -0.1) is 0 Å². The Balaban J connectivity index is 1.60. The van der Waals surface area contributed by atoms with E-state index in [1.54, 1.807) is 4.68 Å². The fourth-order valence-corrected chi connectivity index (χ4v) is 3.43. The van der Waals surface area contributed by atoms with Crippen molar-refractivity contribution in [2.75, 3.05) is 25.0 Å². The second kappa shape index (κ2) is 6.92. The molecule has 1 aliphatic rings. The van der Waals surface area contributed by atoms with Crippen molar-refractivity contribution in [2.24, 2.45) is 7.05 Å². The molecule has 3 aromatic rings. The van der Waals surface area contributed by atoms with Gasteiger partial charge in [0.2, 0.25) is 5.91 Å². The van der Waals surface area contributed by atoms with Crippen LogP contribution in [0.3, 0.4) is 0 Å². The van der Waals surface area contributed by atoms with Gasteiger partial charge < -0.3 is 5.32 Å². The van der Waals surface area contributed by atoms with E-state index in [4.69, 9.17) is 7.85 Å². The highest BCUT2D eigenvalue weighted by molar-refractivity contribution is 6.37. The van der Waals surface area contributed by atoms with Gasteiger partial charge in [0.1, 0.15) is 13.7 Å². The molecule has 1 saturated heterocycles. The summed E-state index contributed by atoms with van der Waals surface area (Å²) in [5.74, 6) is 0.434. The number of hydrogen-bond acceptors (Lipinski definition) is 4. The van der Waals surface area contributed by atoms with Gasteiger partial charge in [0, 0.05) is 18.8 Å². The molecule has 130 valence electrons. The minimum absolute atomic E-state index is 0.0541. The molecule has 1 aromatic carbocycles. The second-order valence-corrected chi connectivity index (χ2v) is 6.76. The number of rotatable bonds is 4. The Morgan fingerprint density at radius 1 is 1.23 bits per heavy atom. The summed E-state index contributed by atoms with van der Waals surface area (Å²) in [7, 11) is 7.99. The minimum Gasteiger partial charge on any atom is -0.310 e. The first-order valence-corrected chi connectivity index (χ1v) is 8.80. The number of carbonyl (C=O) groups is 1. The Morgan fingerprint density at radius 2 is 2.04 bits per heavy atom. The number of anilines is 1. The molecule has 0 spiro atoms. The lowest BCUT2D eigenvalue weighted by atomic mass is 9.94. The van der Waals surface area contributed by atoms with Crippen molar-refractivity contribution in [3.63, 3.8) is 0 Å². The van der Waals surface area contributed by atoms with Gasteiger partial charge in [0.25, 0.3) is 0 Å². The first-order chi connectivity index (χ1) is 12.6. The number of nitrogens with one attached hydrogen (secondary N) is 1. The van der Waals surface area contributed by atoms with Crippen LogP contribution in [-0.2, 0) is 11.8 Å². The van der Waals surface area contributed by atoms with Crippen LogP contribution < -0.4 is 10.9 Å². The van der Waals surface area contributed by atoms with E-state index < -0.39 is 0 Å². The van der Waals surface area contributed by atoms with Gasteiger partial charge in [-0.2, -0.15) is 5.10 Å². The molecule has 6 nitrogen and oxygen atoms in total. The largest absolute Gasteiger partial charge is 0.310 e. The molecule has 4 rings (SSSR count). The molecule has 3 heterocycles. The zero-order chi connectivity index (χ0) is 18.1. The van der Waals surface area contributed by atoms with Gasteiger partial charge in [-0.05, 0) is 60.0 Å². The van der Waals surface area contributed by atoms with Crippen molar-refractivity contribution < 1.29 is 4.79 Å². The van der Waals surface area contributed by atoms with Crippen LogP contribution in [0.5, 0.6) is 0 Å². The monoisotopic (exact) mass is 345 g/mol. The van der Waals surface area contributed by atoms with Crippen molar-refractivity contribution in [1.82, 2.24) is 19.7 Å². The van der Waals surface area contributed by atoms with Crippen LogP contribution in [0.25, 0.3) is 21.9 Å². The second-order valence-electron chi connectivity index (χ2n) is 6.76. The number of carbonyl (C=O) groups excluding carboxylic acids is 1. The molecule has 2 radical (unpaired) electrons. The van der Waals surface area contributed by atoms with Crippen molar-refractivity contribution in [3.05, 3.63) is 36.7 Å². The highest BCUT2D eigenvalue weighted by Gasteiger charge is 2.15. The number of fused-ring (bicyclic) bond motifs is 1. The fourth-order valence-electron chi connectivity index (χ4n) is 3.43. The normalized spacial score (nSPS) is 14.8. The fraction of sp³-hybridized carbons (Fsp3) is 0.316. The smallest absolute Gasteiger partial charge is 0.239 e. The molecule has 1 fully saturated rings. The third-order valence-electron chi connectivity index (χ3n) is 4.73. The maximum atomic E-state index is 12.3. The lowest BCUT2D eigenvalue weighted by Gasteiger charge is -2.14. The summed E-state index contributed by atoms with van der Waals surface area (Å²) in [4.78, 5) is 18.7. The maximum Gasteiger partial charge on any atom is 0.239 e. The van der Waals surface area contributed by atoms with E-state index in [0.717, 1.165) is 47.8 Å². The van der Waals surface area contributed by atoms with E-state index in [2.05, 4.69) is 20.3 Å². The Kier molecular flexibility index (Phi) is 4.47. The van der Waals surface area contributed by atoms with Crippen LogP contribution in [0.4, 0.5) is 5.82 Å². The Bertz CT molecular complexity index is 962. The first kappa shape index (κ1) is 16.8. The quantitative estimate of drug-likeness (QED) is 0.728. The summed E-state index contributed by atoms with van der Waals surface area (Å²) in [6.07, 6.45) is 6.10. The van der Waals surface area contributed by atoms with Gasteiger partial charge in [-0.25, -0.2) is 4.98 Å². The summed E-state index contributed by atoms with van der Waals surface area (Å²) >= 11 is 0. The zero-order valence-corrected chi connectivity index (χ0v) is 14.8. The van der Waals surface area contributed by atoms with Gasteiger partial charge in [-0.1, -0.05) is 12.1 Å². The Hall–Kier alpha value is -2.67. The van der Waals surface area contributed by atoms with Gasteiger partial charge >= 0.3 is 0 Å².